The molecule has 3 aromatic rings. The van der Waals surface area contributed by atoms with Crippen molar-refractivity contribution >= 4 is 43.0 Å². The maximum Gasteiger partial charge on any atom is 0.240 e. The molecule has 4 nitrogen and oxygen atoms in total. The molecule has 1 atom stereocenters. The van der Waals surface area contributed by atoms with Crippen molar-refractivity contribution in [2.24, 2.45) is 0 Å². The number of nitrogens with one attached hydrogen (secondary N) is 1. The van der Waals surface area contributed by atoms with E-state index in [1.807, 2.05) is 30.3 Å². The molecular formula is C18H18ClNO3S2. The number of hydrogen-bond acceptors (Lipinski definition) is 4. The second-order valence-corrected chi connectivity index (χ2v) is 9.41. The Balaban J connectivity index is 1.84. The molecule has 2 aromatic carbocycles. The quantitative estimate of drug-likeness (QED) is 0.684. The minimum Gasteiger partial charge on any atom is -0.383 e. The fourth-order valence-corrected chi connectivity index (χ4v) is 5.25. The standard InChI is InChI=1S/C18H18ClNO3S2/c1-12-7-8-14(19)10-16(12)25(22,23)20-11-18(2,21)17-9-13-5-3-4-6-15(13)24-17/h3-10,20-21H,11H2,1-2H3/t18-/m0/s1. The third kappa shape index (κ3) is 3.88. The Morgan fingerprint density at radius 1 is 1.20 bits per heavy atom. The molecule has 0 aliphatic rings. The zero-order valence-corrected chi connectivity index (χ0v) is 16.2. The first-order chi connectivity index (χ1) is 11.7. The topological polar surface area (TPSA) is 66.4 Å². The molecule has 1 heterocycles. The van der Waals surface area contributed by atoms with Gasteiger partial charge in [-0.25, -0.2) is 13.1 Å². The summed E-state index contributed by atoms with van der Waals surface area (Å²) in [4.78, 5) is 0.825. The second-order valence-electron chi connectivity index (χ2n) is 6.16. The van der Waals surface area contributed by atoms with Gasteiger partial charge in [0.25, 0.3) is 0 Å². The Morgan fingerprint density at radius 2 is 1.92 bits per heavy atom. The Morgan fingerprint density at radius 3 is 2.64 bits per heavy atom. The SMILES string of the molecule is Cc1ccc(Cl)cc1S(=O)(=O)NC[C@](C)(O)c1cc2ccccc2s1. The van der Waals surface area contributed by atoms with Gasteiger partial charge in [-0.2, -0.15) is 0 Å². The van der Waals surface area contributed by atoms with Gasteiger partial charge in [0.2, 0.25) is 10.0 Å². The third-order valence-corrected chi connectivity index (χ3v) is 7.15. The molecule has 0 bridgehead atoms. The second kappa shape index (κ2) is 6.70. The zero-order chi connectivity index (χ0) is 18.2. The molecule has 0 saturated heterocycles. The summed E-state index contributed by atoms with van der Waals surface area (Å²) in [6, 6.07) is 14.4. The van der Waals surface area contributed by atoms with Crippen molar-refractivity contribution in [3.63, 3.8) is 0 Å². The largest absolute Gasteiger partial charge is 0.383 e. The molecule has 0 radical (unpaired) electrons. The highest BCUT2D eigenvalue weighted by atomic mass is 35.5. The highest BCUT2D eigenvalue weighted by Crippen LogP contribution is 2.33. The summed E-state index contributed by atoms with van der Waals surface area (Å²) in [7, 11) is -3.77. The van der Waals surface area contributed by atoms with Crippen molar-refractivity contribution in [2.45, 2.75) is 24.3 Å². The lowest BCUT2D eigenvalue weighted by molar-refractivity contribution is 0.0666. The summed E-state index contributed by atoms with van der Waals surface area (Å²) >= 11 is 7.36. The van der Waals surface area contributed by atoms with Gasteiger partial charge < -0.3 is 5.11 Å². The van der Waals surface area contributed by atoms with E-state index in [0.717, 1.165) is 10.1 Å². The summed E-state index contributed by atoms with van der Waals surface area (Å²) in [6.45, 7) is 3.17. The fourth-order valence-electron chi connectivity index (χ4n) is 2.51. The van der Waals surface area contributed by atoms with Crippen molar-refractivity contribution in [3.8, 4) is 0 Å². The van der Waals surface area contributed by atoms with Crippen LogP contribution in [0.25, 0.3) is 10.1 Å². The molecular weight excluding hydrogens is 378 g/mol. The van der Waals surface area contributed by atoms with Crippen LogP contribution in [0.15, 0.2) is 53.4 Å². The van der Waals surface area contributed by atoms with Gasteiger partial charge in [-0.1, -0.05) is 35.9 Å². The van der Waals surface area contributed by atoms with Gasteiger partial charge >= 0.3 is 0 Å². The minimum atomic E-state index is -3.77. The van der Waals surface area contributed by atoms with Crippen LogP contribution in [-0.2, 0) is 15.6 Å². The summed E-state index contributed by atoms with van der Waals surface area (Å²) in [5.74, 6) is 0. The van der Waals surface area contributed by atoms with E-state index >= 15 is 0 Å². The molecule has 0 unspecified atom stereocenters. The maximum absolute atomic E-state index is 12.6. The summed E-state index contributed by atoms with van der Waals surface area (Å²) in [5.41, 5.74) is -0.720. The number of benzene rings is 2. The smallest absolute Gasteiger partial charge is 0.240 e. The first-order valence-corrected chi connectivity index (χ1v) is 10.3. The van der Waals surface area contributed by atoms with Crippen LogP contribution in [0.3, 0.4) is 0 Å². The first-order valence-electron chi connectivity index (χ1n) is 7.66. The molecule has 132 valence electrons. The average molecular weight is 396 g/mol. The summed E-state index contributed by atoms with van der Waals surface area (Å²) < 4.78 is 28.7. The Labute approximate surface area is 156 Å². The molecule has 3 rings (SSSR count). The predicted octanol–water partition coefficient (Wildman–Crippen LogP) is 4.05. The number of rotatable bonds is 5. The number of fused-ring (bicyclic) bond motifs is 1. The van der Waals surface area contributed by atoms with Crippen molar-refractivity contribution in [1.82, 2.24) is 4.72 Å². The van der Waals surface area contributed by atoms with Crippen molar-refractivity contribution < 1.29 is 13.5 Å². The molecule has 25 heavy (non-hydrogen) atoms. The van der Waals surface area contributed by atoms with E-state index in [1.54, 1.807) is 26.0 Å². The van der Waals surface area contributed by atoms with Crippen molar-refractivity contribution in [3.05, 3.63) is 64.0 Å². The molecule has 0 aliphatic heterocycles. The number of halogens is 1. The molecule has 7 heteroatoms. The predicted molar refractivity (Wildman–Crippen MR) is 103 cm³/mol. The lowest BCUT2D eigenvalue weighted by Gasteiger charge is -2.22. The van der Waals surface area contributed by atoms with Crippen LogP contribution in [0, 0.1) is 6.92 Å². The van der Waals surface area contributed by atoms with E-state index in [0.29, 0.717) is 15.5 Å². The van der Waals surface area contributed by atoms with Gasteiger partial charge in [-0.3, -0.25) is 0 Å². The van der Waals surface area contributed by atoms with Crippen LogP contribution >= 0.6 is 22.9 Å². The molecule has 1 aromatic heterocycles. The Kier molecular flexibility index (Phi) is 4.92. The number of thiophene rings is 1. The molecule has 2 N–H and O–H groups in total. The van der Waals surface area contributed by atoms with Gasteiger partial charge in [-0.05, 0) is 49.1 Å². The summed E-state index contributed by atoms with van der Waals surface area (Å²) in [6.07, 6.45) is 0. The van der Waals surface area contributed by atoms with Crippen molar-refractivity contribution in [2.75, 3.05) is 6.54 Å². The van der Waals surface area contributed by atoms with Crippen LogP contribution in [-0.4, -0.2) is 20.1 Å². The van der Waals surface area contributed by atoms with Crippen LogP contribution in [0.5, 0.6) is 0 Å². The van der Waals surface area contributed by atoms with E-state index in [4.69, 9.17) is 11.6 Å². The lowest BCUT2D eigenvalue weighted by Crippen LogP contribution is -2.38. The van der Waals surface area contributed by atoms with Gasteiger partial charge in [0, 0.05) is 21.1 Å². The zero-order valence-electron chi connectivity index (χ0n) is 13.8. The van der Waals surface area contributed by atoms with Gasteiger partial charge in [-0.15, -0.1) is 11.3 Å². The molecule has 0 spiro atoms. The number of hydrogen-bond donors (Lipinski definition) is 2. The normalized spacial score (nSPS) is 14.6. The third-order valence-electron chi connectivity index (χ3n) is 4.00. The van der Waals surface area contributed by atoms with E-state index in [-0.39, 0.29) is 11.4 Å². The molecule has 0 fully saturated rings. The highest BCUT2D eigenvalue weighted by Gasteiger charge is 2.28. The van der Waals surface area contributed by atoms with E-state index in [1.165, 1.54) is 17.4 Å². The number of aliphatic hydroxyl groups is 1. The molecule has 0 aliphatic carbocycles. The van der Waals surface area contributed by atoms with Crippen LogP contribution in [0.2, 0.25) is 5.02 Å². The fraction of sp³-hybridized carbons (Fsp3) is 0.222. The lowest BCUT2D eigenvalue weighted by atomic mass is 10.1. The minimum absolute atomic E-state index is 0.118. The molecule has 0 amide bonds. The highest BCUT2D eigenvalue weighted by molar-refractivity contribution is 7.89. The number of sulfonamides is 1. The van der Waals surface area contributed by atoms with Gasteiger partial charge in [0.15, 0.2) is 0 Å². The van der Waals surface area contributed by atoms with E-state index in [2.05, 4.69) is 4.72 Å². The van der Waals surface area contributed by atoms with E-state index in [9.17, 15) is 13.5 Å². The number of aryl methyl sites for hydroxylation is 1. The van der Waals surface area contributed by atoms with Crippen LogP contribution in [0.4, 0.5) is 0 Å². The van der Waals surface area contributed by atoms with Crippen LogP contribution in [0.1, 0.15) is 17.4 Å². The first kappa shape index (κ1) is 18.4. The van der Waals surface area contributed by atoms with Crippen LogP contribution < -0.4 is 4.72 Å². The molecule has 0 saturated carbocycles. The van der Waals surface area contributed by atoms with Gasteiger partial charge in [0.05, 0.1) is 4.90 Å². The monoisotopic (exact) mass is 395 g/mol. The van der Waals surface area contributed by atoms with Gasteiger partial charge in [0.1, 0.15) is 5.60 Å². The Hall–Kier alpha value is -1.44. The maximum atomic E-state index is 12.6. The average Bonchev–Trinajstić information content (AvgIpc) is 3.00. The Bertz CT molecular complexity index is 993. The van der Waals surface area contributed by atoms with Crippen molar-refractivity contribution in [1.29, 1.82) is 0 Å². The summed E-state index contributed by atoms with van der Waals surface area (Å²) in [5, 5.41) is 12.2. The van der Waals surface area contributed by atoms with E-state index < -0.39 is 15.6 Å².